The first kappa shape index (κ1) is 31.7. The number of aromatic nitrogens is 2. The molecule has 222 valence electrons. The predicted octanol–water partition coefficient (Wildman–Crippen LogP) is 7.25. The van der Waals surface area contributed by atoms with Crippen LogP contribution in [0.15, 0.2) is 48.5 Å². The topological polar surface area (TPSA) is 67.2 Å². The number of carbonyl (C=O) groups excluding carboxylic acids is 2. The quantitative estimate of drug-likeness (QED) is 0.299. The number of carbonyl (C=O) groups is 2. The Kier molecular flexibility index (Phi) is 8.95. The van der Waals surface area contributed by atoms with Crippen LogP contribution in [0.25, 0.3) is 5.69 Å². The maximum Gasteiger partial charge on any atom is 0.416 e. The van der Waals surface area contributed by atoms with Crippen molar-refractivity contribution in [3.05, 3.63) is 76.5 Å². The van der Waals surface area contributed by atoms with Crippen LogP contribution in [0.1, 0.15) is 67.4 Å². The van der Waals surface area contributed by atoms with Gasteiger partial charge in [-0.1, -0.05) is 52.3 Å². The van der Waals surface area contributed by atoms with Crippen molar-refractivity contribution in [1.82, 2.24) is 14.7 Å². The van der Waals surface area contributed by atoms with Gasteiger partial charge in [-0.05, 0) is 43.2 Å². The SMILES string of the molecule is Cc1ccc(-n2nc(C(C)(C)C)cc2NC(=O)CN(CC(C)C)C(=O)c2cc(C(F)(F)F)cc(C(F)(F)F)c2)cc1. The first-order valence-corrected chi connectivity index (χ1v) is 12.8. The second-order valence-electron chi connectivity index (χ2n) is 11.3. The molecule has 12 heteroatoms. The van der Waals surface area contributed by atoms with Crippen LogP contribution in [0.4, 0.5) is 32.2 Å². The first-order valence-electron chi connectivity index (χ1n) is 12.8. The molecule has 0 bridgehead atoms. The Bertz CT molecular complexity index is 1370. The molecule has 0 saturated carbocycles. The van der Waals surface area contributed by atoms with Gasteiger partial charge in [0.25, 0.3) is 5.91 Å². The average molecular weight is 583 g/mol. The molecule has 0 unspecified atom stereocenters. The van der Waals surface area contributed by atoms with Gasteiger partial charge in [-0.15, -0.1) is 0 Å². The maximum atomic E-state index is 13.4. The van der Waals surface area contributed by atoms with E-state index in [0.29, 0.717) is 29.3 Å². The van der Waals surface area contributed by atoms with E-state index in [4.69, 9.17) is 0 Å². The van der Waals surface area contributed by atoms with Gasteiger partial charge >= 0.3 is 12.4 Å². The summed E-state index contributed by atoms with van der Waals surface area (Å²) in [7, 11) is 0. The number of hydrogen-bond donors (Lipinski definition) is 1. The fourth-order valence-corrected chi connectivity index (χ4v) is 4.00. The van der Waals surface area contributed by atoms with Crippen LogP contribution < -0.4 is 5.32 Å². The van der Waals surface area contributed by atoms with Crippen LogP contribution in [-0.4, -0.2) is 39.6 Å². The number of halogens is 6. The first-order chi connectivity index (χ1) is 18.8. The Morgan fingerprint density at radius 2 is 1.44 bits per heavy atom. The Hall–Kier alpha value is -3.83. The van der Waals surface area contributed by atoms with Crippen molar-refractivity contribution >= 4 is 17.6 Å². The summed E-state index contributed by atoms with van der Waals surface area (Å²) >= 11 is 0. The van der Waals surface area contributed by atoms with Crippen LogP contribution in [0, 0.1) is 12.8 Å². The van der Waals surface area contributed by atoms with Crippen molar-refractivity contribution in [2.45, 2.75) is 59.3 Å². The van der Waals surface area contributed by atoms with Crippen molar-refractivity contribution in [2.24, 2.45) is 5.92 Å². The second-order valence-corrected chi connectivity index (χ2v) is 11.3. The van der Waals surface area contributed by atoms with E-state index in [1.807, 2.05) is 52.0 Å². The van der Waals surface area contributed by atoms with Gasteiger partial charge in [0.15, 0.2) is 0 Å². The molecule has 2 aromatic carbocycles. The minimum Gasteiger partial charge on any atom is -0.329 e. The van der Waals surface area contributed by atoms with Crippen molar-refractivity contribution < 1.29 is 35.9 Å². The third-order valence-electron chi connectivity index (χ3n) is 6.07. The average Bonchev–Trinajstić information content (AvgIpc) is 3.26. The highest BCUT2D eigenvalue weighted by molar-refractivity contribution is 5.99. The molecule has 0 saturated heterocycles. The van der Waals surface area contributed by atoms with E-state index in [-0.39, 0.29) is 23.9 Å². The molecule has 0 aliphatic rings. The summed E-state index contributed by atoms with van der Waals surface area (Å²) in [6, 6.07) is 9.72. The summed E-state index contributed by atoms with van der Waals surface area (Å²) in [5.74, 6) is -1.78. The normalized spacial score (nSPS) is 12.5. The molecule has 1 aromatic heterocycles. The Labute approximate surface area is 234 Å². The van der Waals surface area contributed by atoms with Gasteiger partial charge in [0, 0.05) is 23.6 Å². The summed E-state index contributed by atoms with van der Waals surface area (Å²) < 4.78 is 81.8. The largest absolute Gasteiger partial charge is 0.416 e. The molecule has 0 spiro atoms. The summed E-state index contributed by atoms with van der Waals surface area (Å²) in [5, 5.41) is 7.32. The summed E-state index contributed by atoms with van der Waals surface area (Å²) in [6.45, 7) is 10.4. The molecule has 0 radical (unpaired) electrons. The van der Waals surface area contributed by atoms with Crippen molar-refractivity contribution in [3.8, 4) is 5.69 Å². The van der Waals surface area contributed by atoms with Crippen molar-refractivity contribution in [3.63, 3.8) is 0 Å². The zero-order valence-corrected chi connectivity index (χ0v) is 23.5. The van der Waals surface area contributed by atoms with E-state index in [1.54, 1.807) is 19.9 Å². The van der Waals surface area contributed by atoms with Gasteiger partial charge < -0.3 is 10.2 Å². The maximum absolute atomic E-state index is 13.4. The fraction of sp³-hybridized carbons (Fsp3) is 0.414. The Balaban J connectivity index is 1.96. The Morgan fingerprint density at radius 3 is 1.90 bits per heavy atom. The highest BCUT2D eigenvalue weighted by Crippen LogP contribution is 2.36. The van der Waals surface area contributed by atoms with Gasteiger partial charge in [0.1, 0.15) is 12.4 Å². The van der Waals surface area contributed by atoms with Crippen LogP contribution in [-0.2, 0) is 22.6 Å². The molecule has 0 aliphatic heterocycles. The van der Waals surface area contributed by atoms with Gasteiger partial charge in [-0.25, -0.2) is 4.68 Å². The van der Waals surface area contributed by atoms with Crippen LogP contribution in [0.2, 0.25) is 0 Å². The molecule has 3 aromatic rings. The van der Waals surface area contributed by atoms with Crippen molar-refractivity contribution in [1.29, 1.82) is 0 Å². The minimum atomic E-state index is -5.12. The lowest BCUT2D eigenvalue weighted by Crippen LogP contribution is -2.40. The van der Waals surface area contributed by atoms with E-state index >= 15 is 0 Å². The van der Waals surface area contributed by atoms with Gasteiger partial charge in [-0.2, -0.15) is 31.4 Å². The lowest BCUT2D eigenvalue weighted by molar-refractivity contribution is -0.143. The van der Waals surface area contributed by atoms with Crippen LogP contribution in [0.3, 0.4) is 0 Å². The molecule has 3 rings (SSSR count). The fourth-order valence-electron chi connectivity index (χ4n) is 4.00. The van der Waals surface area contributed by atoms with E-state index in [2.05, 4.69) is 10.4 Å². The summed E-state index contributed by atoms with van der Waals surface area (Å²) in [6.07, 6.45) is -10.2. The minimum absolute atomic E-state index is 0.0463. The van der Waals surface area contributed by atoms with Crippen LogP contribution >= 0.6 is 0 Å². The third-order valence-corrected chi connectivity index (χ3v) is 6.07. The highest BCUT2D eigenvalue weighted by Gasteiger charge is 2.38. The monoisotopic (exact) mass is 582 g/mol. The number of anilines is 1. The molecule has 0 aliphatic carbocycles. The Morgan fingerprint density at radius 1 is 0.902 bits per heavy atom. The number of aryl methyl sites for hydroxylation is 1. The van der Waals surface area contributed by atoms with Gasteiger partial charge in [-0.3, -0.25) is 9.59 Å². The molecule has 41 heavy (non-hydrogen) atoms. The molecule has 0 atom stereocenters. The number of amides is 2. The smallest absolute Gasteiger partial charge is 0.329 e. The number of alkyl halides is 6. The third kappa shape index (κ3) is 8.11. The lowest BCUT2D eigenvalue weighted by Gasteiger charge is -2.25. The number of nitrogens with zero attached hydrogens (tertiary/aromatic N) is 3. The van der Waals surface area contributed by atoms with E-state index in [9.17, 15) is 35.9 Å². The van der Waals surface area contributed by atoms with Crippen molar-refractivity contribution in [2.75, 3.05) is 18.4 Å². The van der Waals surface area contributed by atoms with Crippen LogP contribution in [0.5, 0.6) is 0 Å². The number of hydrogen-bond acceptors (Lipinski definition) is 3. The molecule has 1 N–H and O–H groups in total. The number of rotatable bonds is 7. The predicted molar refractivity (Wildman–Crippen MR) is 143 cm³/mol. The standard InChI is InChI=1S/C29H32F6N4O2/c1-17(2)15-38(26(41)19-11-20(28(30,31)32)13-21(12-19)29(33,34)35)16-25(40)36-24-14-23(27(4,5)6)37-39(24)22-9-7-18(3)8-10-22/h7-14,17H,15-16H2,1-6H3,(H,36,40). The van der Waals surface area contributed by atoms with E-state index < -0.39 is 47.4 Å². The van der Waals surface area contributed by atoms with E-state index in [0.717, 1.165) is 10.5 Å². The number of benzene rings is 2. The van der Waals surface area contributed by atoms with Gasteiger partial charge in [0.2, 0.25) is 5.91 Å². The molecule has 1 heterocycles. The lowest BCUT2D eigenvalue weighted by atomic mass is 9.92. The summed E-state index contributed by atoms with van der Waals surface area (Å²) in [4.78, 5) is 27.4. The zero-order valence-electron chi connectivity index (χ0n) is 23.5. The highest BCUT2D eigenvalue weighted by atomic mass is 19.4. The molecule has 2 amide bonds. The molecule has 0 fully saturated rings. The van der Waals surface area contributed by atoms with Gasteiger partial charge in [0.05, 0.1) is 22.5 Å². The zero-order chi connectivity index (χ0) is 30.9. The van der Waals surface area contributed by atoms with E-state index in [1.165, 1.54) is 4.68 Å². The second kappa shape index (κ2) is 11.6. The molecule has 6 nitrogen and oxygen atoms in total. The summed E-state index contributed by atoms with van der Waals surface area (Å²) in [5.41, 5.74) is -2.10. The molecular weight excluding hydrogens is 550 g/mol. The number of nitrogens with one attached hydrogen (secondary N) is 1. The molecular formula is C29H32F6N4O2.